The predicted molar refractivity (Wildman–Crippen MR) is 150 cm³/mol. The number of benzene rings is 1. The van der Waals surface area contributed by atoms with Crippen molar-refractivity contribution >= 4 is 40.7 Å². The summed E-state index contributed by atoms with van der Waals surface area (Å²) in [6.45, 7) is 3.79. The molecule has 0 spiro atoms. The Morgan fingerprint density at radius 1 is 1.15 bits per heavy atom. The van der Waals surface area contributed by atoms with Crippen LogP contribution in [-0.2, 0) is 20.2 Å². The summed E-state index contributed by atoms with van der Waals surface area (Å²) in [5, 5.41) is 6.92. The number of anilines is 3. The summed E-state index contributed by atoms with van der Waals surface area (Å²) < 4.78 is 71.0. The number of H-pyrrole nitrogens is 1. The van der Waals surface area contributed by atoms with Crippen LogP contribution in [0.25, 0.3) is 11.0 Å². The Labute approximate surface area is 231 Å². The highest BCUT2D eigenvalue weighted by Crippen LogP contribution is 2.48. The average molecular weight is 582 g/mol. The molecule has 2 aromatic heterocycles. The molecule has 1 aromatic carbocycles. The van der Waals surface area contributed by atoms with Crippen LogP contribution in [0.2, 0.25) is 0 Å². The van der Waals surface area contributed by atoms with Crippen molar-refractivity contribution in [1.82, 2.24) is 14.9 Å². The highest BCUT2D eigenvalue weighted by Gasteiger charge is 2.36. The third-order valence-electron chi connectivity index (χ3n) is 7.69. The van der Waals surface area contributed by atoms with E-state index in [0.717, 1.165) is 50.6 Å². The minimum atomic E-state index is -4.54. The molecular formula is C27H35F3N5O4P. The first kappa shape index (κ1) is 28.7. The molecule has 0 aliphatic carbocycles. The summed E-state index contributed by atoms with van der Waals surface area (Å²) in [5.74, 6) is 0.809. The maximum Gasteiger partial charge on any atom is 0.418 e. The number of halogens is 3. The Bertz CT molecular complexity index is 1360. The number of methoxy groups -OCH3 is 2. The third kappa shape index (κ3) is 6.10. The van der Waals surface area contributed by atoms with Crippen molar-refractivity contribution in [2.75, 3.05) is 76.6 Å². The molecule has 218 valence electrons. The van der Waals surface area contributed by atoms with E-state index in [1.165, 1.54) is 20.3 Å². The van der Waals surface area contributed by atoms with Gasteiger partial charge in [-0.15, -0.1) is 0 Å². The molecule has 0 saturated carbocycles. The van der Waals surface area contributed by atoms with Gasteiger partial charge < -0.3 is 34.4 Å². The number of fused-ring (bicyclic) bond motifs is 1. The normalized spacial score (nSPS) is 18.6. The van der Waals surface area contributed by atoms with Gasteiger partial charge in [-0.3, -0.25) is 4.90 Å². The highest BCUT2D eigenvalue weighted by atomic mass is 31.2. The van der Waals surface area contributed by atoms with Crippen molar-refractivity contribution in [2.45, 2.75) is 25.1 Å². The molecule has 40 heavy (non-hydrogen) atoms. The number of ether oxygens (including phenoxy) is 3. The van der Waals surface area contributed by atoms with Crippen molar-refractivity contribution < 1.29 is 31.9 Å². The van der Waals surface area contributed by atoms with Crippen LogP contribution in [0.15, 0.2) is 30.5 Å². The molecule has 9 nitrogen and oxygen atoms in total. The average Bonchev–Trinajstić information content (AvgIpc) is 3.39. The maximum atomic E-state index is 13.9. The minimum absolute atomic E-state index is 0.0401. The fraction of sp³-hybridized carbons (Fsp3) is 0.519. The molecule has 3 N–H and O–H groups in total. The number of rotatable bonds is 9. The van der Waals surface area contributed by atoms with Gasteiger partial charge >= 0.3 is 6.18 Å². The van der Waals surface area contributed by atoms with Gasteiger partial charge in [0.2, 0.25) is 0 Å². The molecule has 0 atom stereocenters. The van der Waals surface area contributed by atoms with E-state index < -0.39 is 18.9 Å². The highest BCUT2D eigenvalue weighted by molar-refractivity contribution is 7.71. The summed E-state index contributed by atoms with van der Waals surface area (Å²) in [4.78, 5) is 9.47. The number of hydrogen-bond donors (Lipinski definition) is 3. The quantitative estimate of drug-likeness (QED) is 0.243. The lowest BCUT2D eigenvalue weighted by atomic mass is 10.1. The zero-order chi connectivity index (χ0) is 28.3. The van der Waals surface area contributed by atoms with Gasteiger partial charge in [0.1, 0.15) is 24.4 Å². The van der Waals surface area contributed by atoms with E-state index in [1.54, 1.807) is 12.1 Å². The number of aromatic nitrogens is 2. The lowest BCUT2D eigenvalue weighted by molar-refractivity contribution is -0.136. The van der Waals surface area contributed by atoms with Gasteiger partial charge in [-0.05, 0) is 31.0 Å². The van der Waals surface area contributed by atoms with Crippen LogP contribution in [0, 0.1) is 0 Å². The first-order chi connectivity index (χ1) is 19.2. The van der Waals surface area contributed by atoms with E-state index in [1.807, 2.05) is 6.07 Å². The van der Waals surface area contributed by atoms with Crippen LogP contribution in [0.3, 0.4) is 0 Å². The van der Waals surface area contributed by atoms with Gasteiger partial charge in [0, 0.05) is 81.6 Å². The van der Waals surface area contributed by atoms with Gasteiger partial charge in [0.25, 0.3) is 0 Å². The van der Waals surface area contributed by atoms with Crippen molar-refractivity contribution in [2.24, 2.45) is 0 Å². The number of alkyl halides is 3. The molecule has 13 heteroatoms. The second-order valence-corrected chi connectivity index (χ2v) is 13.3. The van der Waals surface area contributed by atoms with E-state index in [-0.39, 0.29) is 16.7 Å². The molecule has 3 aromatic rings. The second-order valence-electron chi connectivity index (χ2n) is 10.1. The maximum absolute atomic E-state index is 13.9. The van der Waals surface area contributed by atoms with Gasteiger partial charge in [-0.1, -0.05) is 0 Å². The predicted octanol–water partition coefficient (Wildman–Crippen LogP) is 4.88. The van der Waals surface area contributed by atoms with E-state index in [4.69, 9.17) is 14.2 Å². The fourth-order valence-electron chi connectivity index (χ4n) is 5.50. The van der Waals surface area contributed by atoms with Crippen molar-refractivity contribution in [3.63, 3.8) is 0 Å². The molecule has 2 fully saturated rings. The standard InChI is InChI=1S/C27H35F3N5O4P/c1-37-12-7-31-22-16-24(34-26-25(22)20(17-32-26)27(28,29)30)33-21-4-3-19(15-23(21)38-2)40(36)13-8-35(9-14-40)18-5-10-39-11-6-18/h3-4,15-18H,5-14H2,1-2H3,(H3,31,32,33,34). The molecule has 5 rings (SSSR count). The topological polar surface area (TPSA) is 101 Å². The zero-order valence-electron chi connectivity index (χ0n) is 22.6. The van der Waals surface area contributed by atoms with Gasteiger partial charge in [0.15, 0.2) is 0 Å². The Balaban J connectivity index is 1.37. The number of nitrogens with one attached hydrogen (secondary N) is 3. The van der Waals surface area contributed by atoms with Crippen LogP contribution in [0.1, 0.15) is 18.4 Å². The summed E-state index contributed by atoms with van der Waals surface area (Å²) in [6, 6.07) is 7.47. The number of hydrogen-bond acceptors (Lipinski definition) is 8. The smallest absolute Gasteiger partial charge is 0.418 e. The van der Waals surface area contributed by atoms with Crippen molar-refractivity contribution in [3.05, 3.63) is 36.0 Å². The Morgan fingerprint density at radius 3 is 2.58 bits per heavy atom. The van der Waals surface area contributed by atoms with Crippen LogP contribution < -0.4 is 20.7 Å². The first-order valence-corrected chi connectivity index (χ1v) is 15.5. The molecule has 2 aliphatic heterocycles. The minimum Gasteiger partial charge on any atom is -0.495 e. The number of nitrogens with zero attached hydrogens (tertiary/aromatic N) is 2. The van der Waals surface area contributed by atoms with E-state index in [2.05, 4.69) is 25.5 Å². The molecular weight excluding hydrogens is 546 g/mol. The van der Waals surface area contributed by atoms with Crippen LogP contribution in [-0.4, -0.2) is 86.9 Å². The monoisotopic (exact) mass is 581 g/mol. The lowest BCUT2D eigenvalue weighted by Crippen LogP contribution is -2.45. The Morgan fingerprint density at radius 2 is 1.90 bits per heavy atom. The van der Waals surface area contributed by atoms with Gasteiger partial charge in [0.05, 0.1) is 30.4 Å². The number of aromatic amines is 1. The van der Waals surface area contributed by atoms with Crippen LogP contribution in [0.4, 0.5) is 30.4 Å². The van der Waals surface area contributed by atoms with Gasteiger partial charge in [-0.2, -0.15) is 13.2 Å². The van der Waals surface area contributed by atoms with Gasteiger partial charge in [-0.25, -0.2) is 4.98 Å². The summed E-state index contributed by atoms with van der Waals surface area (Å²) in [7, 11) is 0.457. The second kappa shape index (κ2) is 12.0. The Kier molecular flexibility index (Phi) is 8.61. The van der Waals surface area contributed by atoms with Crippen LogP contribution in [0.5, 0.6) is 5.75 Å². The van der Waals surface area contributed by atoms with E-state index in [0.29, 0.717) is 48.8 Å². The van der Waals surface area contributed by atoms with E-state index >= 15 is 0 Å². The summed E-state index contributed by atoms with van der Waals surface area (Å²) in [6.07, 6.45) is -0.357. The molecule has 0 radical (unpaired) electrons. The Hall–Kier alpha value is -2.79. The molecule has 2 saturated heterocycles. The molecule has 0 amide bonds. The summed E-state index contributed by atoms with van der Waals surface area (Å²) >= 11 is 0. The number of pyridine rings is 1. The SMILES string of the molecule is COCCNc1cc(Nc2ccc(P3(=O)CCN(C4CCOCC4)CC3)cc2OC)nc2[nH]cc(C(F)(F)F)c12. The first-order valence-electron chi connectivity index (χ1n) is 13.4. The fourth-order valence-corrected chi connectivity index (χ4v) is 8.10. The summed E-state index contributed by atoms with van der Waals surface area (Å²) in [5.41, 5.74) is 0.134. The molecule has 0 bridgehead atoms. The molecule has 4 heterocycles. The molecule has 0 unspecified atom stereocenters. The van der Waals surface area contributed by atoms with E-state index in [9.17, 15) is 17.7 Å². The van der Waals surface area contributed by atoms with Crippen LogP contribution >= 0.6 is 7.14 Å². The third-order valence-corrected chi connectivity index (χ3v) is 10.8. The molecule has 2 aliphatic rings. The van der Waals surface area contributed by atoms with Crippen molar-refractivity contribution in [1.29, 1.82) is 0 Å². The lowest BCUT2D eigenvalue weighted by Gasteiger charge is -2.39. The largest absolute Gasteiger partial charge is 0.495 e. The zero-order valence-corrected chi connectivity index (χ0v) is 23.5. The van der Waals surface area contributed by atoms with Crippen molar-refractivity contribution in [3.8, 4) is 5.75 Å².